The predicted octanol–water partition coefficient (Wildman–Crippen LogP) is 4.05. The Kier molecular flexibility index (Phi) is 4.68. The molecule has 2 heterocycles. The Balaban J connectivity index is 1.83. The number of hydrogen-bond acceptors (Lipinski definition) is 6. The molecule has 0 amide bonds. The zero-order valence-electron chi connectivity index (χ0n) is 12.1. The highest BCUT2D eigenvalue weighted by atomic mass is 35.5. The Morgan fingerprint density at radius 2 is 2.17 bits per heavy atom. The Bertz CT molecular complexity index is 813. The monoisotopic (exact) mass is 349 g/mol. The fourth-order valence-corrected chi connectivity index (χ4v) is 2.86. The molecule has 23 heavy (non-hydrogen) atoms. The van der Waals surface area contributed by atoms with Crippen LogP contribution in [0.15, 0.2) is 50.8 Å². The number of hydrogen-bond donors (Lipinski definition) is 1. The van der Waals surface area contributed by atoms with Crippen molar-refractivity contribution in [3.63, 3.8) is 0 Å². The van der Waals surface area contributed by atoms with E-state index in [-0.39, 0.29) is 12.3 Å². The average Bonchev–Trinajstić information content (AvgIpc) is 3.18. The molecule has 0 spiro atoms. The van der Waals surface area contributed by atoms with Crippen LogP contribution >= 0.6 is 23.4 Å². The first kappa shape index (κ1) is 15.6. The standard InChI is InChI=1S/C15H12ClN3O3S/c1-2-21-15(20)11-7-12(22-19-11)14-13(8-17-18-14)23-10-5-3-9(16)4-6-10/h3-8H,2H2,1H3,(H,17,18). The average molecular weight is 350 g/mol. The molecule has 0 aliphatic rings. The topological polar surface area (TPSA) is 81.0 Å². The first-order chi connectivity index (χ1) is 11.2. The molecule has 0 saturated carbocycles. The van der Waals surface area contributed by atoms with Gasteiger partial charge in [0.1, 0.15) is 5.69 Å². The highest BCUT2D eigenvalue weighted by Gasteiger charge is 2.19. The second-order valence-electron chi connectivity index (χ2n) is 4.45. The van der Waals surface area contributed by atoms with Crippen LogP contribution in [0.25, 0.3) is 11.5 Å². The van der Waals surface area contributed by atoms with Crippen molar-refractivity contribution in [1.29, 1.82) is 0 Å². The molecule has 3 aromatic rings. The molecule has 0 fully saturated rings. The Hall–Kier alpha value is -2.25. The number of H-pyrrole nitrogens is 1. The van der Waals surface area contributed by atoms with E-state index in [4.69, 9.17) is 20.9 Å². The molecule has 0 aliphatic carbocycles. The molecule has 1 aromatic carbocycles. The molecule has 1 N–H and O–H groups in total. The van der Waals surface area contributed by atoms with Crippen molar-refractivity contribution in [2.24, 2.45) is 0 Å². The van der Waals surface area contributed by atoms with Gasteiger partial charge in [-0.1, -0.05) is 28.5 Å². The van der Waals surface area contributed by atoms with Gasteiger partial charge in [0.2, 0.25) is 0 Å². The lowest BCUT2D eigenvalue weighted by atomic mass is 10.3. The largest absolute Gasteiger partial charge is 0.461 e. The molecule has 118 valence electrons. The van der Waals surface area contributed by atoms with Crippen molar-refractivity contribution in [3.8, 4) is 11.5 Å². The molecule has 0 radical (unpaired) electrons. The third-order valence-electron chi connectivity index (χ3n) is 2.87. The molecule has 0 aliphatic heterocycles. The van der Waals surface area contributed by atoms with E-state index >= 15 is 0 Å². The summed E-state index contributed by atoms with van der Waals surface area (Å²) in [6.45, 7) is 2.01. The zero-order chi connectivity index (χ0) is 16.2. The number of nitrogens with one attached hydrogen (secondary N) is 1. The van der Waals surface area contributed by atoms with Crippen LogP contribution in [0.5, 0.6) is 0 Å². The van der Waals surface area contributed by atoms with Crippen LogP contribution in [0.1, 0.15) is 17.4 Å². The van der Waals surface area contributed by atoms with Crippen LogP contribution in [-0.2, 0) is 4.74 Å². The van der Waals surface area contributed by atoms with E-state index in [0.29, 0.717) is 16.5 Å². The van der Waals surface area contributed by atoms with E-state index in [0.717, 1.165) is 9.79 Å². The number of halogens is 1. The van der Waals surface area contributed by atoms with Gasteiger partial charge in [-0.3, -0.25) is 5.10 Å². The number of benzene rings is 1. The van der Waals surface area contributed by atoms with Gasteiger partial charge in [0.15, 0.2) is 11.5 Å². The van der Waals surface area contributed by atoms with Crippen molar-refractivity contribution in [2.75, 3.05) is 6.61 Å². The highest BCUT2D eigenvalue weighted by Crippen LogP contribution is 2.35. The fourth-order valence-electron chi connectivity index (χ4n) is 1.85. The maximum absolute atomic E-state index is 11.6. The van der Waals surface area contributed by atoms with Gasteiger partial charge in [-0.2, -0.15) is 5.10 Å². The summed E-state index contributed by atoms with van der Waals surface area (Å²) in [7, 11) is 0. The minimum atomic E-state index is -0.523. The van der Waals surface area contributed by atoms with Crippen LogP contribution < -0.4 is 0 Å². The summed E-state index contributed by atoms with van der Waals surface area (Å²) in [6.07, 6.45) is 1.75. The number of esters is 1. The van der Waals surface area contributed by atoms with Crippen LogP contribution in [0, 0.1) is 0 Å². The smallest absolute Gasteiger partial charge is 0.360 e. The lowest BCUT2D eigenvalue weighted by Gasteiger charge is -2.00. The van der Waals surface area contributed by atoms with Crippen molar-refractivity contribution < 1.29 is 14.1 Å². The van der Waals surface area contributed by atoms with Crippen molar-refractivity contribution in [3.05, 3.63) is 47.2 Å². The van der Waals surface area contributed by atoms with Gasteiger partial charge < -0.3 is 9.26 Å². The molecule has 2 aromatic heterocycles. The van der Waals surface area contributed by atoms with E-state index < -0.39 is 5.97 Å². The summed E-state index contributed by atoms with van der Waals surface area (Å²) in [6, 6.07) is 8.97. The van der Waals surface area contributed by atoms with Crippen molar-refractivity contribution >= 4 is 29.3 Å². The normalized spacial score (nSPS) is 10.7. The molecule has 0 atom stereocenters. The van der Waals surface area contributed by atoms with Crippen LogP contribution in [0.2, 0.25) is 5.02 Å². The number of carbonyl (C=O) groups is 1. The van der Waals surface area contributed by atoms with Gasteiger partial charge >= 0.3 is 5.97 Å². The van der Waals surface area contributed by atoms with Crippen LogP contribution in [-0.4, -0.2) is 27.9 Å². The third kappa shape index (κ3) is 3.57. The maximum Gasteiger partial charge on any atom is 0.360 e. The van der Waals surface area contributed by atoms with Gasteiger partial charge in [-0.25, -0.2) is 4.79 Å². The number of ether oxygens (including phenoxy) is 1. The molecule has 3 rings (SSSR count). The second-order valence-corrected chi connectivity index (χ2v) is 6.00. The summed E-state index contributed by atoms with van der Waals surface area (Å²) in [5.74, 6) is -0.129. The number of rotatable bonds is 5. The molecule has 0 unspecified atom stereocenters. The molecular weight excluding hydrogens is 338 g/mol. The van der Waals surface area contributed by atoms with E-state index in [1.54, 1.807) is 13.1 Å². The molecule has 0 saturated heterocycles. The lowest BCUT2D eigenvalue weighted by molar-refractivity contribution is 0.0514. The van der Waals surface area contributed by atoms with E-state index in [1.807, 2.05) is 24.3 Å². The second kappa shape index (κ2) is 6.89. The van der Waals surface area contributed by atoms with E-state index in [1.165, 1.54) is 17.8 Å². The number of nitrogens with zero attached hydrogens (tertiary/aromatic N) is 2. The number of aromatic amines is 1. The summed E-state index contributed by atoms with van der Waals surface area (Å²) in [5.41, 5.74) is 0.695. The van der Waals surface area contributed by atoms with Gasteiger partial charge in [0.05, 0.1) is 11.5 Å². The van der Waals surface area contributed by atoms with Gasteiger partial charge in [0.25, 0.3) is 0 Å². The number of carbonyl (C=O) groups excluding carboxylic acids is 1. The van der Waals surface area contributed by atoms with Gasteiger partial charge in [-0.05, 0) is 31.2 Å². The molecule has 8 heteroatoms. The first-order valence-electron chi connectivity index (χ1n) is 6.78. The summed E-state index contributed by atoms with van der Waals surface area (Å²) < 4.78 is 10.1. The van der Waals surface area contributed by atoms with Crippen molar-refractivity contribution in [2.45, 2.75) is 16.7 Å². The Labute approximate surface area is 141 Å². The van der Waals surface area contributed by atoms with Gasteiger partial charge in [0, 0.05) is 22.2 Å². The summed E-state index contributed by atoms with van der Waals surface area (Å²) in [5, 5.41) is 11.3. The quantitative estimate of drug-likeness (QED) is 0.700. The molecular formula is C15H12ClN3O3S. The minimum Gasteiger partial charge on any atom is -0.461 e. The lowest BCUT2D eigenvalue weighted by Crippen LogP contribution is -2.04. The zero-order valence-corrected chi connectivity index (χ0v) is 13.6. The Morgan fingerprint density at radius 1 is 1.39 bits per heavy atom. The summed E-state index contributed by atoms with van der Waals surface area (Å²) in [4.78, 5) is 13.5. The van der Waals surface area contributed by atoms with Crippen molar-refractivity contribution in [1.82, 2.24) is 15.4 Å². The fraction of sp³-hybridized carbons (Fsp3) is 0.133. The SMILES string of the molecule is CCOC(=O)c1cc(-c2n[nH]cc2Sc2ccc(Cl)cc2)on1. The predicted molar refractivity (Wildman–Crippen MR) is 85.6 cm³/mol. The first-order valence-corrected chi connectivity index (χ1v) is 7.98. The maximum atomic E-state index is 11.6. The molecule has 0 bridgehead atoms. The highest BCUT2D eigenvalue weighted by molar-refractivity contribution is 7.99. The van der Waals surface area contributed by atoms with E-state index in [9.17, 15) is 4.79 Å². The summed E-state index contributed by atoms with van der Waals surface area (Å²) >= 11 is 7.38. The van der Waals surface area contributed by atoms with Gasteiger partial charge in [-0.15, -0.1) is 0 Å². The minimum absolute atomic E-state index is 0.118. The van der Waals surface area contributed by atoms with Crippen LogP contribution in [0.3, 0.4) is 0 Å². The van der Waals surface area contributed by atoms with Crippen LogP contribution in [0.4, 0.5) is 0 Å². The molecule has 6 nitrogen and oxygen atoms in total. The van der Waals surface area contributed by atoms with E-state index in [2.05, 4.69) is 15.4 Å². The Morgan fingerprint density at radius 3 is 2.91 bits per heavy atom. The number of aromatic nitrogens is 3. The third-order valence-corrected chi connectivity index (χ3v) is 4.17.